The maximum absolute atomic E-state index is 11.7. The highest BCUT2D eigenvalue weighted by molar-refractivity contribution is 5.69. The van der Waals surface area contributed by atoms with Gasteiger partial charge in [0.1, 0.15) is 6.61 Å². The summed E-state index contributed by atoms with van der Waals surface area (Å²) in [6.45, 7) is 2.51. The molecule has 0 saturated heterocycles. The third-order valence-corrected chi connectivity index (χ3v) is 3.95. The van der Waals surface area contributed by atoms with Gasteiger partial charge in [0.05, 0.1) is 6.42 Å². The van der Waals surface area contributed by atoms with E-state index in [1.54, 1.807) is 0 Å². The first-order valence-electron chi connectivity index (χ1n) is 9.55. The molecule has 2 aromatic rings. The van der Waals surface area contributed by atoms with Crippen LogP contribution in [0.3, 0.4) is 0 Å². The Morgan fingerprint density at radius 2 is 1.48 bits per heavy atom. The molecule has 0 fully saturated rings. The molecule has 0 aromatic heterocycles. The van der Waals surface area contributed by atoms with E-state index in [9.17, 15) is 4.79 Å². The molecule has 0 unspecified atom stereocenters. The summed E-state index contributed by atoms with van der Waals surface area (Å²) in [4.78, 5) is 11.7. The minimum absolute atomic E-state index is 0.221. The van der Waals surface area contributed by atoms with Crippen molar-refractivity contribution in [3.05, 3.63) is 71.3 Å². The predicted octanol–water partition coefficient (Wildman–Crippen LogP) is 5.49. The van der Waals surface area contributed by atoms with E-state index in [-0.39, 0.29) is 5.97 Å². The van der Waals surface area contributed by atoms with Crippen molar-refractivity contribution < 1.29 is 9.53 Å². The smallest absolute Gasteiger partial charge is 0.307 e. The summed E-state index contributed by atoms with van der Waals surface area (Å²) in [6.07, 6.45) is 5.38. The van der Waals surface area contributed by atoms with Crippen LogP contribution in [0.2, 0.25) is 0 Å². The fourth-order valence-electron chi connectivity index (χ4n) is 2.40. The van der Waals surface area contributed by atoms with Gasteiger partial charge in [0.2, 0.25) is 0 Å². The van der Waals surface area contributed by atoms with Crippen molar-refractivity contribution in [3.63, 3.8) is 0 Å². The zero-order valence-electron chi connectivity index (χ0n) is 16.0. The Morgan fingerprint density at radius 1 is 0.852 bits per heavy atom. The van der Waals surface area contributed by atoms with Crippen LogP contribution in [0.25, 0.3) is 0 Å². The quantitative estimate of drug-likeness (QED) is 0.371. The van der Waals surface area contributed by atoms with E-state index in [2.05, 4.69) is 30.6 Å². The Labute approximate surface area is 163 Å². The van der Waals surface area contributed by atoms with Crippen LogP contribution in [0.5, 0.6) is 0 Å². The fraction of sp³-hybridized carbons (Fsp3) is 0.320. The minimum Gasteiger partial charge on any atom is -0.461 e. The summed E-state index contributed by atoms with van der Waals surface area (Å²) in [5, 5.41) is 0. The first kappa shape index (κ1) is 20.3. The zero-order chi connectivity index (χ0) is 19.2. The first-order chi connectivity index (χ1) is 13.3. The number of ether oxygens (including phenoxy) is 1. The second kappa shape index (κ2) is 12.4. The average Bonchev–Trinajstić information content (AvgIpc) is 2.71. The molecular formula is C25H26O2. The predicted molar refractivity (Wildman–Crippen MR) is 110 cm³/mol. The van der Waals surface area contributed by atoms with E-state index in [1.165, 1.54) is 19.3 Å². The topological polar surface area (TPSA) is 26.3 Å². The van der Waals surface area contributed by atoms with E-state index >= 15 is 0 Å². The normalized spacial score (nSPS) is 9.52. The number of hydrogen-bond donors (Lipinski definition) is 0. The number of esters is 1. The van der Waals surface area contributed by atoms with Crippen LogP contribution >= 0.6 is 0 Å². The standard InChI is InChI=1S/C25H26O2/c1-2-3-4-5-7-12-22-17-19-23(20-18-22)13-10-11-16-25(26)27-21-24-14-8-6-9-15-24/h6,8-9,14-15,17-20H,2-5,11,16,21H2,1H3. The molecule has 2 nitrogen and oxygen atoms in total. The van der Waals surface area contributed by atoms with Crippen LogP contribution in [0.1, 0.15) is 62.1 Å². The number of rotatable bonds is 7. The van der Waals surface area contributed by atoms with Crippen LogP contribution < -0.4 is 0 Å². The molecule has 138 valence electrons. The summed E-state index contributed by atoms with van der Waals surface area (Å²) < 4.78 is 5.24. The van der Waals surface area contributed by atoms with Gasteiger partial charge < -0.3 is 4.74 Å². The highest BCUT2D eigenvalue weighted by Gasteiger charge is 2.01. The lowest BCUT2D eigenvalue weighted by molar-refractivity contribution is -0.144. The van der Waals surface area contributed by atoms with Gasteiger partial charge in [0.15, 0.2) is 0 Å². The molecule has 0 saturated carbocycles. The van der Waals surface area contributed by atoms with Crippen molar-refractivity contribution in [3.8, 4) is 23.7 Å². The van der Waals surface area contributed by atoms with Gasteiger partial charge >= 0.3 is 5.97 Å². The zero-order valence-corrected chi connectivity index (χ0v) is 16.0. The van der Waals surface area contributed by atoms with Crippen molar-refractivity contribution in [2.45, 2.75) is 52.1 Å². The van der Waals surface area contributed by atoms with Crippen LogP contribution in [0, 0.1) is 23.7 Å². The highest BCUT2D eigenvalue weighted by Crippen LogP contribution is 2.04. The summed E-state index contributed by atoms with van der Waals surface area (Å²) in [6, 6.07) is 17.6. The molecule has 0 spiro atoms. The number of hydrogen-bond acceptors (Lipinski definition) is 2. The molecule has 0 radical (unpaired) electrons. The van der Waals surface area contributed by atoms with Crippen LogP contribution in [0.15, 0.2) is 54.6 Å². The summed E-state index contributed by atoms with van der Waals surface area (Å²) >= 11 is 0. The lowest BCUT2D eigenvalue weighted by atomic mass is 10.1. The molecule has 0 bridgehead atoms. The van der Waals surface area contributed by atoms with Crippen LogP contribution in [-0.4, -0.2) is 5.97 Å². The Balaban J connectivity index is 1.70. The Hall–Kier alpha value is -2.97. The molecule has 0 atom stereocenters. The number of unbranched alkanes of at least 4 members (excludes halogenated alkanes) is 3. The maximum atomic E-state index is 11.7. The van der Waals surface area contributed by atoms with E-state index in [4.69, 9.17) is 4.74 Å². The lowest BCUT2D eigenvalue weighted by Gasteiger charge is -2.03. The molecule has 0 aliphatic carbocycles. The second-order valence-corrected chi connectivity index (χ2v) is 6.28. The van der Waals surface area contributed by atoms with Gasteiger partial charge in [-0.1, -0.05) is 73.8 Å². The highest BCUT2D eigenvalue weighted by atomic mass is 16.5. The lowest BCUT2D eigenvalue weighted by Crippen LogP contribution is -2.03. The van der Waals surface area contributed by atoms with Crippen molar-refractivity contribution in [2.75, 3.05) is 0 Å². The minimum atomic E-state index is -0.221. The first-order valence-corrected chi connectivity index (χ1v) is 9.55. The maximum Gasteiger partial charge on any atom is 0.307 e. The van der Waals surface area contributed by atoms with Gasteiger partial charge in [-0.25, -0.2) is 0 Å². The van der Waals surface area contributed by atoms with Gasteiger partial charge in [0, 0.05) is 24.0 Å². The van der Waals surface area contributed by atoms with Gasteiger partial charge in [-0.2, -0.15) is 0 Å². The van der Waals surface area contributed by atoms with Gasteiger partial charge in [-0.05, 0) is 36.2 Å². The van der Waals surface area contributed by atoms with E-state index in [0.29, 0.717) is 19.4 Å². The number of benzene rings is 2. The van der Waals surface area contributed by atoms with Crippen molar-refractivity contribution in [2.24, 2.45) is 0 Å². The molecule has 2 heteroatoms. The van der Waals surface area contributed by atoms with E-state index in [1.807, 2.05) is 54.6 Å². The molecule has 2 aromatic carbocycles. The van der Waals surface area contributed by atoms with Crippen molar-refractivity contribution in [1.82, 2.24) is 0 Å². The third kappa shape index (κ3) is 8.80. The average molecular weight is 358 g/mol. The van der Waals surface area contributed by atoms with E-state index < -0.39 is 0 Å². The van der Waals surface area contributed by atoms with Gasteiger partial charge in [0.25, 0.3) is 0 Å². The molecule has 0 heterocycles. The van der Waals surface area contributed by atoms with Crippen LogP contribution in [-0.2, 0) is 16.1 Å². The van der Waals surface area contributed by atoms with Crippen molar-refractivity contribution in [1.29, 1.82) is 0 Å². The van der Waals surface area contributed by atoms with Crippen LogP contribution in [0.4, 0.5) is 0 Å². The third-order valence-electron chi connectivity index (χ3n) is 3.95. The van der Waals surface area contributed by atoms with Crippen molar-refractivity contribution >= 4 is 5.97 Å². The summed E-state index contributed by atoms with van der Waals surface area (Å²) in [5.41, 5.74) is 2.94. The molecule has 0 N–H and O–H groups in total. The Morgan fingerprint density at radius 3 is 2.11 bits per heavy atom. The second-order valence-electron chi connectivity index (χ2n) is 6.28. The number of carbonyl (C=O) groups excluding carboxylic acids is 1. The Bertz CT molecular complexity index is 812. The Kier molecular flexibility index (Phi) is 9.34. The van der Waals surface area contributed by atoms with Gasteiger partial charge in [-0.3, -0.25) is 4.79 Å². The number of carbonyl (C=O) groups is 1. The molecule has 0 aliphatic heterocycles. The molecule has 0 amide bonds. The largest absolute Gasteiger partial charge is 0.461 e. The molecule has 27 heavy (non-hydrogen) atoms. The molecule has 2 rings (SSSR count). The van der Waals surface area contributed by atoms with Gasteiger partial charge in [-0.15, -0.1) is 0 Å². The summed E-state index contributed by atoms with van der Waals surface area (Å²) in [7, 11) is 0. The molecule has 0 aliphatic rings. The molecular weight excluding hydrogens is 332 g/mol. The van der Waals surface area contributed by atoms with E-state index in [0.717, 1.165) is 23.1 Å². The fourth-order valence-corrected chi connectivity index (χ4v) is 2.40. The monoisotopic (exact) mass is 358 g/mol. The summed E-state index contributed by atoms with van der Waals surface area (Å²) in [5.74, 6) is 12.3. The SMILES string of the molecule is CCCCCC#Cc1ccc(C#CCCC(=O)OCc2ccccc2)cc1.